The third kappa shape index (κ3) is 6.71. The number of aliphatic hydroxyl groups is 1. The molecule has 3 N–H and O–H groups in total. The number of aliphatic hydroxyl groups excluding tert-OH is 1. The summed E-state index contributed by atoms with van der Waals surface area (Å²) >= 11 is 0. The van der Waals surface area contributed by atoms with Crippen LogP contribution in [0.5, 0.6) is 0 Å². The van der Waals surface area contributed by atoms with Gasteiger partial charge in [0, 0.05) is 45.0 Å². The molecule has 0 unspecified atom stereocenters. The fourth-order valence-electron chi connectivity index (χ4n) is 4.29. The van der Waals surface area contributed by atoms with Crippen LogP contribution < -0.4 is 5.73 Å². The topological polar surface area (TPSA) is 87.6 Å². The molecule has 1 heterocycles. The van der Waals surface area contributed by atoms with Gasteiger partial charge in [-0.05, 0) is 17.4 Å². The first-order chi connectivity index (χ1) is 16.6. The maximum atomic E-state index is 13.5. The zero-order valence-electron chi connectivity index (χ0n) is 21.6. The van der Waals surface area contributed by atoms with Crippen molar-refractivity contribution in [3.05, 3.63) is 78.2 Å². The van der Waals surface area contributed by atoms with Gasteiger partial charge in [-0.25, -0.2) is 9.78 Å². The Hall–Kier alpha value is -3.16. The average Bonchev–Trinajstić information content (AvgIpc) is 3.24. The van der Waals surface area contributed by atoms with Crippen LogP contribution in [0, 0.1) is 5.41 Å². The van der Waals surface area contributed by atoms with E-state index in [0.29, 0.717) is 19.5 Å². The standard InChI is InChI=1S/C28H39N5O2/c1-28(2,3)25(33(27(35)31(4)5)17-16-23(29)20-34)26-30-24(22-14-10-7-11-15-22)19-32(26)18-21-12-8-6-9-13-21/h6-15,19,23,25,34H,16-18,20,29H2,1-5H3/t23-,25-/m0/s1. The predicted molar refractivity (Wildman–Crippen MR) is 141 cm³/mol. The van der Waals surface area contributed by atoms with Gasteiger partial charge in [-0.15, -0.1) is 0 Å². The number of amides is 2. The van der Waals surface area contributed by atoms with Gasteiger partial charge in [0.1, 0.15) is 5.82 Å². The number of nitrogens with two attached hydrogens (primary N) is 1. The van der Waals surface area contributed by atoms with Crippen molar-refractivity contribution >= 4 is 6.03 Å². The highest BCUT2D eigenvalue weighted by Gasteiger charge is 2.39. The van der Waals surface area contributed by atoms with E-state index in [2.05, 4.69) is 43.7 Å². The lowest BCUT2D eigenvalue weighted by molar-refractivity contribution is 0.0886. The molecule has 0 aliphatic heterocycles. The Kier molecular flexibility index (Phi) is 8.70. The fraction of sp³-hybridized carbons (Fsp3) is 0.429. The Morgan fingerprint density at radius 2 is 1.66 bits per heavy atom. The number of carbonyl (C=O) groups is 1. The number of benzene rings is 2. The monoisotopic (exact) mass is 477 g/mol. The van der Waals surface area contributed by atoms with E-state index in [1.807, 2.05) is 53.4 Å². The summed E-state index contributed by atoms with van der Waals surface area (Å²) < 4.78 is 2.16. The quantitative estimate of drug-likeness (QED) is 0.479. The van der Waals surface area contributed by atoms with Crippen molar-refractivity contribution in [2.45, 2.75) is 45.8 Å². The molecule has 2 amide bonds. The molecule has 7 nitrogen and oxygen atoms in total. The lowest BCUT2D eigenvalue weighted by atomic mass is 9.84. The molecule has 0 radical (unpaired) electrons. The first kappa shape index (κ1) is 26.4. The average molecular weight is 478 g/mol. The van der Waals surface area contributed by atoms with Gasteiger partial charge < -0.3 is 25.2 Å². The maximum Gasteiger partial charge on any atom is 0.320 e. The highest BCUT2D eigenvalue weighted by molar-refractivity contribution is 5.74. The van der Waals surface area contributed by atoms with Crippen LogP contribution in [0.1, 0.15) is 44.6 Å². The first-order valence-electron chi connectivity index (χ1n) is 12.1. The molecule has 0 spiro atoms. The van der Waals surface area contributed by atoms with Gasteiger partial charge in [0.15, 0.2) is 0 Å². The SMILES string of the molecule is CN(C)C(=O)N(CC[C@H](N)CO)[C@@H](c1nc(-c2ccccc2)cn1Cc1ccccc1)C(C)(C)C. The molecular weight excluding hydrogens is 438 g/mol. The first-order valence-corrected chi connectivity index (χ1v) is 12.1. The summed E-state index contributed by atoms with van der Waals surface area (Å²) in [6.45, 7) is 7.32. The van der Waals surface area contributed by atoms with E-state index in [1.165, 1.54) is 0 Å². The number of carbonyl (C=O) groups excluding carboxylic acids is 1. The Balaban J connectivity index is 2.15. The Labute approximate surface area is 209 Å². The normalized spacial score (nSPS) is 13.3. The molecule has 2 aromatic carbocycles. The van der Waals surface area contributed by atoms with Gasteiger partial charge in [0.05, 0.1) is 18.3 Å². The van der Waals surface area contributed by atoms with Crippen LogP contribution in [0.4, 0.5) is 4.79 Å². The molecule has 3 aromatic rings. The van der Waals surface area contributed by atoms with E-state index in [9.17, 15) is 9.90 Å². The van der Waals surface area contributed by atoms with E-state index in [1.54, 1.807) is 19.0 Å². The zero-order valence-corrected chi connectivity index (χ0v) is 21.6. The minimum Gasteiger partial charge on any atom is -0.395 e. The van der Waals surface area contributed by atoms with E-state index in [0.717, 1.165) is 22.6 Å². The molecule has 3 rings (SSSR count). The van der Waals surface area contributed by atoms with Crippen LogP contribution in [0.2, 0.25) is 0 Å². The minimum atomic E-state index is -0.392. The van der Waals surface area contributed by atoms with Crippen molar-refractivity contribution in [3.8, 4) is 11.3 Å². The van der Waals surface area contributed by atoms with Gasteiger partial charge in [-0.1, -0.05) is 81.4 Å². The second-order valence-electron chi connectivity index (χ2n) is 10.3. The van der Waals surface area contributed by atoms with Crippen LogP contribution >= 0.6 is 0 Å². The molecule has 35 heavy (non-hydrogen) atoms. The molecule has 0 bridgehead atoms. The van der Waals surface area contributed by atoms with E-state index < -0.39 is 6.04 Å². The Morgan fingerprint density at radius 3 is 2.20 bits per heavy atom. The highest BCUT2D eigenvalue weighted by Crippen LogP contribution is 2.39. The smallest absolute Gasteiger partial charge is 0.320 e. The molecule has 0 fully saturated rings. The number of hydrogen-bond donors (Lipinski definition) is 2. The summed E-state index contributed by atoms with van der Waals surface area (Å²) in [6.07, 6.45) is 2.57. The number of aromatic nitrogens is 2. The summed E-state index contributed by atoms with van der Waals surface area (Å²) in [5, 5.41) is 9.49. The molecule has 0 saturated heterocycles. The van der Waals surface area contributed by atoms with Gasteiger partial charge in [-0.3, -0.25) is 0 Å². The van der Waals surface area contributed by atoms with Crippen molar-refractivity contribution in [1.82, 2.24) is 19.4 Å². The van der Waals surface area contributed by atoms with Gasteiger partial charge >= 0.3 is 6.03 Å². The summed E-state index contributed by atoms with van der Waals surface area (Å²) in [7, 11) is 3.51. The number of rotatable bonds is 9. The molecular formula is C28H39N5O2. The minimum absolute atomic E-state index is 0.106. The largest absolute Gasteiger partial charge is 0.395 e. The maximum absolute atomic E-state index is 13.5. The molecule has 7 heteroatoms. The number of hydrogen-bond acceptors (Lipinski definition) is 4. The summed E-state index contributed by atoms with van der Waals surface area (Å²) in [4.78, 5) is 22.0. The third-order valence-electron chi connectivity index (χ3n) is 6.05. The van der Waals surface area contributed by atoms with Crippen molar-refractivity contribution < 1.29 is 9.90 Å². The third-order valence-corrected chi connectivity index (χ3v) is 6.05. The molecule has 0 saturated carbocycles. The van der Waals surface area contributed by atoms with Gasteiger partial charge in [0.2, 0.25) is 0 Å². The van der Waals surface area contributed by atoms with Crippen LogP contribution in [0.25, 0.3) is 11.3 Å². The van der Waals surface area contributed by atoms with Crippen LogP contribution in [-0.4, -0.2) is 63.8 Å². The van der Waals surface area contributed by atoms with E-state index >= 15 is 0 Å². The lowest BCUT2D eigenvalue weighted by Gasteiger charge is -2.41. The van der Waals surface area contributed by atoms with Crippen molar-refractivity contribution in [2.75, 3.05) is 27.2 Å². The lowest BCUT2D eigenvalue weighted by Crippen LogP contribution is -2.48. The Morgan fingerprint density at radius 1 is 1.06 bits per heavy atom. The molecule has 188 valence electrons. The van der Waals surface area contributed by atoms with Crippen molar-refractivity contribution in [2.24, 2.45) is 11.1 Å². The Bertz CT molecular complexity index is 1070. The van der Waals surface area contributed by atoms with Crippen molar-refractivity contribution in [3.63, 3.8) is 0 Å². The summed E-state index contributed by atoms with van der Waals surface area (Å²) in [6, 6.07) is 19.6. The number of nitrogens with zero attached hydrogens (tertiary/aromatic N) is 4. The van der Waals surface area contributed by atoms with E-state index in [-0.39, 0.29) is 24.1 Å². The van der Waals surface area contributed by atoms with Gasteiger partial charge in [-0.2, -0.15) is 0 Å². The van der Waals surface area contributed by atoms with Crippen LogP contribution in [0.15, 0.2) is 66.9 Å². The molecule has 2 atom stereocenters. The predicted octanol–water partition coefficient (Wildman–Crippen LogP) is 4.38. The second kappa shape index (κ2) is 11.5. The summed E-state index contributed by atoms with van der Waals surface area (Å²) in [5.41, 5.74) is 8.78. The van der Waals surface area contributed by atoms with E-state index in [4.69, 9.17) is 10.7 Å². The van der Waals surface area contributed by atoms with Crippen molar-refractivity contribution in [1.29, 1.82) is 0 Å². The molecule has 0 aliphatic carbocycles. The molecule has 1 aromatic heterocycles. The molecule has 0 aliphatic rings. The fourth-order valence-corrected chi connectivity index (χ4v) is 4.29. The van der Waals surface area contributed by atoms with Crippen LogP contribution in [-0.2, 0) is 6.54 Å². The second-order valence-corrected chi connectivity index (χ2v) is 10.3. The highest BCUT2D eigenvalue weighted by atomic mass is 16.3. The number of urea groups is 1. The number of imidazole rings is 1. The summed E-state index contributed by atoms with van der Waals surface area (Å²) in [5.74, 6) is 0.827. The zero-order chi connectivity index (χ0) is 25.6. The van der Waals surface area contributed by atoms with Gasteiger partial charge in [0.25, 0.3) is 0 Å². The van der Waals surface area contributed by atoms with Crippen LogP contribution in [0.3, 0.4) is 0 Å².